The monoisotopic (exact) mass is 447 g/mol. The van der Waals surface area contributed by atoms with Crippen molar-refractivity contribution in [2.75, 3.05) is 23.4 Å². The van der Waals surface area contributed by atoms with E-state index in [0.717, 1.165) is 12.1 Å². The normalized spacial score (nSPS) is 14.1. The zero-order chi connectivity index (χ0) is 22.8. The number of carbonyl (C=O) groups is 1. The number of rotatable bonds is 5. The summed E-state index contributed by atoms with van der Waals surface area (Å²) in [6.07, 6.45) is -10.8. The Hall–Kier alpha value is -2.98. The summed E-state index contributed by atoms with van der Waals surface area (Å²) in [6, 6.07) is 6.49. The third-order valence-electron chi connectivity index (χ3n) is 4.65. The summed E-state index contributed by atoms with van der Waals surface area (Å²) < 4.78 is 80.6. The van der Waals surface area contributed by atoms with Crippen molar-refractivity contribution in [1.29, 1.82) is 0 Å². The van der Waals surface area contributed by atoms with E-state index in [1.165, 1.54) is 12.1 Å². The summed E-state index contributed by atoms with van der Waals surface area (Å²) in [7, 11) is 0. The number of ether oxygens (including phenoxy) is 1. The molecule has 3 rings (SSSR count). The summed E-state index contributed by atoms with van der Waals surface area (Å²) in [5.41, 5.74) is 1.02. The molecule has 31 heavy (non-hydrogen) atoms. The molecule has 1 amide bonds. The molecule has 5 nitrogen and oxygen atoms in total. The number of aryl methyl sites for hydroxylation is 1. The molecular formula is C20H19F6N3O2. The molecule has 0 bridgehead atoms. The molecule has 168 valence electrons. The number of nitrogens with one attached hydrogen (secondary N) is 1. The van der Waals surface area contributed by atoms with Gasteiger partial charge in [0.25, 0.3) is 0 Å². The van der Waals surface area contributed by atoms with Gasteiger partial charge in [0.2, 0.25) is 11.8 Å². The summed E-state index contributed by atoms with van der Waals surface area (Å²) in [5, 5.41) is 2.36. The molecule has 2 aromatic rings. The minimum absolute atomic E-state index is 0.0994. The van der Waals surface area contributed by atoms with Crippen LogP contribution < -0.4 is 15.0 Å². The molecule has 11 heteroatoms. The Balaban J connectivity index is 1.73. The summed E-state index contributed by atoms with van der Waals surface area (Å²) >= 11 is 0. The van der Waals surface area contributed by atoms with Crippen LogP contribution in [0.3, 0.4) is 0 Å². The van der Waals surface area contributed by atoms with Gasteiger partial charge in [-0.05, 0) is 36.2 Å². The molecular weight excluding hydrogens is 428 g/mol. The maximum absolute atomic E-state index is 12.7. The zero-order valence-electron chi connectivity index (χ0n) is 16.4. The van der Waals surface area contributed by atoms with Crippen molar-refractivity contribution in [3.05, 3.63) is 47.0 Å². The molecule has 2 heterocycles. The Morgan fingerprint density at radius 1 is 1.16 bits per heavy atom. The molecule has 0 spiro atoms. The lowest BCUT2D eigenvalue weighted by molar-refractivity contribution is -0.142. The van der Waals surface area contributed by atoms with Crippen LogP contribution in [-0.4, -0.2) is 30.2 Å². The number of fused-ring (bicyclic) bond motifs is 1. The predicted molar refractivity (Wildman–Crippen MR) is 101 cm³/mol. The Morgan fingerprint density at radius 2 is 1.84 bits per heavy atom. The highest BCUT2D eigenvalue weighted by Gasteiger charge is 2.30. The predicted octanol–water partition coefficient (Wildman–Crippen LogP) is 5.09. The number of anilines is 2. The van der Waals surface area contributed by atoms with Crippen LogP contribution in [-0.2, 0) is 17.5 Å². The largest absolute Gasteiger partial charge is 0.474 e. The molecule has 1 aromatic heterocycles. The van der Waals surface area contributed by atoms with Crippen LogP contribution in [0.2, 0.25) is 0 Å². The van der Waals surface area contributed by atoms with Gasteiger partial charge < -0.3 is 15.0 Å². The van der Waals surface area contributed by atoms with Gasteiger partial charge in [-0.15, -0.1) is 0 Å². The first-order chi connectivity index (χ1) is 14.4. The lowest BCUT2D eigenvalue weighted by Gasteiger charge is -2.31. The number of halogens is 6. The van der Waals surface area contributed by atoms with Gasteiger partial charge in [0.15, 0.2) is 0 Å². The molecule has 1 aliphatic heterocycles. The Kier molecular flexibility index (Phi) is 6.33. The quantitative estimate of drug-likeness (QED) is 0.649. The van der Waals surface area contributed by atoms with Gasteiger partial charge in [-0.25, -0.2) is 0 Å². The first-order valence-electron chi connectivity index (χ1n) is 9.34. The molecule has 1 aliphatic rings. The molecule has 0 saturated heterocycles. The van der Waals surface area contributed by atoms with Crippen LogP contribution >= 0.6 is 0 Å². The number of amides is 1. The van der Waals surface area contributed by atoms with E-state index in [9.17, 15) is 31.1 Å². The van der Waals surface area contributed by atoms with Crippen molar-refractivity contribution in [1.82, 2.24) is 4.98 Å². The SMILES string of the molecule is Cc1cc2c(nc1NC(=O)CCC(F)(F)F)OCCN2Cc1ccc(C(F)(F)F)cc1. The number of carbonyl (C=O) groups excluding carboxylic acids is 1. The number of hydrogen-bond acceptors (Lipinski definition) is 4. The van der Waals surface area contributed by atoms with Crippen molar-refractivity contribution in [2.45, 2.75) is 38.7 Å². The van der Waals surface area contributed by atoms with Crippen LogP contribution in [0.4, 0.5) is 37.8 Å². The first kappa shape index (κ1) is 22.7. The van der Waals surface area contributed by atoms with E-state index in [4.69, 9.17) is 4.74 Å². The highest BCUT2D eigenvalue weighted by Crippen LogP contribution is 2.35. The molecule has 1 aromatic carbocycles. The number of aromatic nitrogens is 1. The second-order valence-electron chi connectivity index (χ2n) is 7.11. The van der Waals surface area contributed by atoms with Gasteiger partial charge in [0, 0.05) is 13.0 Å². The second-order valence-corrected chi connectivity index (χ2v) is 7.11. The highest BCUT2D eigenvalue weighted by molar-refractivity contribution is 5.90. The van der Waals surface area contributed by atoms with Crippen molar-refractivity contribution >= 4 is 17.4 Å². The van der Waals surface area contributed by atoms with Crippen LogP contribution in [0, 0.1) is 6.92 Å². The Bertz CT molecular complexity index is 942. The second kappa shape index (κ2) is 8.64. The Labute approximate surface area is 174 Å². The molecule has 1 N–H and O–H groups in total. The molecule has 0 radical (unpaired) electrons. The van der Waals surface area contributed by atoms with Crippen molar-refractivity contribution in [3.8, 4) is 5.88 Å². The molecule has 0 atom stereocenters. The van der Waals surface area contributed by atoms with Crippen LogP contribution in [0.25, 0.3) is 0 Å². The maximum atomic E-state index is 12.7. The lowest BCUT2D eigenvalue weighted by atomic mass is 10.1. The zero-order valence-corrected chi connectivity index (χ0v) is 16.4. The fourth-order valence-electron chi connectivity index (χ4n) is 3.05. The van der Waals surface area contributed by atoms with Crippen molar-refractivity contribution in [3.63, 3.8) is 0 Å². The number of benzene rings is 1. The number of alkyl halides is 6. The maximum Gasteiger partial charge on any atom is 0.416 e. The third-order valence-corrected chi connectivity index (χ3v) is 4.65. The highest BCUT2D eigenvalue weighted by atomic mass is 19.4. The van der Waals surface area contributed by atoms with Gasteiger partial charge in [-0.2, -0.15) is 31.3 Å². The van der Waals surface area contributed by atoms with E-state index >= 15 is 0 Å². The minimum Gasteiger partial charge on any atom is -0.474 e. The molecule has 0 saturated carbocycles. The van der Waals surface area contributed by atoms with Gasteiger partial charge in [0.1, 0.15) is 18.1 Å². The number of nitrogens with zero attached hydrogens (tertiary/aromatic N) is 2. The van der Waals surface area contributed by atoms with Gasteiger partial charge in [-0.1, -0.05) is 12.1 Å². The number of pyridine rings is 1. The molecule has 0 aliphatic carbocycles. The van der Waals surface area contributed by atoms with Crippen LogP contribution in [0.1, 0.15) is 29.5 Å². The van der Waals surface area contributed by atoms with E-state index in [2.05, 4.69) is 10.3 Å². The standard InChI is InChI=1S/C20H19F6N3O2/c1-12-10-15-18(28-17(12)27-16(30)6-7-19(21,22)23)31-9-8-29(15)11-13-2-4-14(5-3-13)20(24,25)26/h2-5,10H,6-9,11H2,1H3,(H,27,28,30). The number of hydrogen-bond donors (Lipinski definition) is 1. The first-order valence-corrected chi connectivity index (χ1v) is 9.34. The molecule has 0 fully saturated rings. The summed E-state index contributed by atoms with van der Waals surface area (Å²) in [5.74, 6) is -0.525. The van der Waals surface area contributed by atoms with E-state index < -0.39 is 36.7 Å². The fraction of sp³-hybridized carbons (Fsp3) is 0.400. The van der Waals surface area contributed by atoms with Gasteiger partial charge >= 0.3 is 12.4 Å². The summed E-state index contributed by atoms with van der Waals surface area (Å²) in [4.78, 5) is 17.9. The topological polar surface area (TPSA) is 54.5 Å². The van der Waals surface area contributed by atoms with Crippen LogP contribution in [0.15, 0.2) is 30.3 Å². The van der Waals surface area contributed by atoms with Gasteiger partial charge in [0.05, 0.1) is 18.5 Å². The average molecular weight is 447 g/mol. The Morgan fingerprint density at radius 3 is 2.45 bits per heavy atom. The van der Waals surface area contributed by atoms with E-state index in [-0.39, 0.29) is 18.3 Å². The smallest absolute Gasteiger partial charge is 0.416 e. The van der Waals surface area contributed by atoms with Crippen LogP contribution in [0.5, 0.6) is 5.88 Å². The molecule has 0 unspecified atom stereocenters. The average Bonchev–Trinajstić information content (AvgIpc) is 2.67. The van der Waals surface area contributed by atoms with Gasteiger partial charge in [-0.3, -0.25) is 4.79 Å². The van der Waals surface area contributed by atoms with E-state index in [0.29, 0.717) is 29.9 Å². The lowest BCUT2D eigenvalue weighted by Crippen LogP contribution is -2.33. The van der Waals surface area contributed by atoms with Crippen molar-refractivity contribution in [2.24, 2.45) is 0 Å². The minimum atomic E-state index is -4.43. The summed E-state index contributed by atoms with van der Waals surface area (Å²) in [6.45, 7) is 2.67. The third kappa shape index (κ3) is 6.02. The van der Waals surface area contributed by atoms with Crippen molar-refractivity contribution < 1.29 is 35.9 Å². The van der Waals surface area contributed by atoms with E-state index in [1.54, 1.807) is 13.0 Å². The van der Waals surface area contributed by atoms with E-state index in [1.807, 2.05) is 4.90 Å². The fourth-order valence-corrected chi connectivity index (χ4v) is 3.05.